The van der Waals surface area contributed by atoms with Gasteiger partial charge in [-0.25, -0.2) is 0 Å². The number of aromatic nitrogens is 4. The van der Waals surface area contributed by atoms with Crippen LogP contribution in [-0.4, -0.2) is 33.0 Å². The Kier molecular flexibility index (Phi) is 4.97. The average Bonchev–Trinajstić information content (AvgIpc) is 3.24. The Hall–Kier alpha value is -1.99. The molecule has 7 heteroatoms. The predicted molar refractivity (Wildman–Crippen MR) is 85.8 cm³/mol. The van der Waals surface area contributed by atoms with Crippen LogP contribution in [0.1, 0.15) is 17.9 Å². The highest BCUT2D eigenvalue weighted by Crippen LogP contribution is 2.21. The van der Waals surface area contributed by atoms with E-state index in [2.05, 4.69) is 20.6 Å². The second-order valence-electron chi connectivity index (χ2n) is 5.12. The van der Waals surface area contributed by atoms with Crippen LogP contribution >= 0.6 is 11.3 Å². The zero-order chi connectivity index (χ0) is 15.2. The maximum Gasteiger partial charge on any atom is 0.227 e. The van der Waals surface area contributed by atoms with Crippen molar-refractivity contribution in [2.24, 2.45) is 0 Å². The summed E-state index contributed by atoms with van der Waals surface area (Å²) in [7, 11) is 0. The predicted octanol–water partition coefficient (Wildman–Crippen LogP) is 2.53. The third-order valence-corrected chi connectivity index (χ3v) is 4.10. The Labute approximate surface area is 133 Å². The summed E-state index contributed by atoms with van der Waals surface area (Å²) in [6.45, 7) is 4.77. The van der Waals surface area contributed by atoms with Crippen molar-refractivity contribution in [1.82, 2.24) is 25.2 Å². The molecule has 3 heterocycles. The second kappa shape index (κ2) is 7.33. The van der Waals surface area contributed by atoms with Crippen molar-refractivity contribution in [3.05, 3.63) is 41.4 Å². The molecule has 6 nitrogen and oxygen atoms in total. The molecule has 0 atom stereocenters. The smallest absolute Gasteiger partial charge is 0.227 e. The minimum Gasteiger partial charge on any atom is -0.339 e. The van der Waals surface area contributed by atoms with Crippen LogP contribution in [0.5, 0.6) is 0 Å². The van der Waals surface area contributed by atoms with Crippen molar-refractivity contribution >= 4 is 11.3 Å². The zero-order valence-corrected chi connectivity index (χ0v) is 13.3. The zero-order valence-electron chi connectivity index (χ0n) is 12.5. The molecule has 0 saturated carbocycles. The molecule has 3 aromatic rings. The fourth-order valence-corrected chi connectivity index (χ4v) is 2.78. The van der Waals surface area contributed by atoms with Gasteiger partial charge in [-0.05, 0) is 36.9 Å². The van der Waals surface area contributed by atoms with E-state index < -0.39 is 0 Å². The number of rotatable bonds is 8. The van der Waals surface area contributed by atoms with Crippen LogP contribution in [0.3, 0.4) is 0 Å². The molecule has 3 aromatic heterocycles. The first-order valence-corrected chi connectivity index (χ1v) is 8.25. The molecule has 0 fully saturated rings. The Morgan fingerprint density at radius 3 is 3.09 bits per heavy atom. The summed E-state index contributed by atoms with van der Waals surface area (Å²) in [6.07, 6.45) is 5.70. The normalized spacial score (nSPS) is 11.1. The van der Waals surface area contributed by atoms with E-state index in [1.54, 1.807) is 11.3 Å². The molecule has 0 aliphatic carbocycles. The summed E-state index contributed by atoms with van der Waals surface area (Å²) in [6, 6.07) is 3.99. The summed E-state index contributed by atoms with van der Waals surface area (Å²) < 4.78 is 7.22. The molecule has 116 valence electrons. The van der Waals surface area contributed by atoms with Gasteiger partial charge < -0.3 is 9.84 Å². The van der Waals surface area contributed by atoms with Crippen molar-refractivity contribution in [2.45, 2.75) is 26.3 Å². The molecule has 1 N–H and O–H groups in total. The maximum absolute atomic E-state index is 5.27. The Bertz CT molecular complexity index is 688. The number of hydrogen-bond donors (Lipinski definition) is 1. The SMILES string of the molecule is Cc1cnn(CCNCCCc2nc(-c3cccs3)no2)c1. The lowest BCUT2D eigenvalue weighted by molar-refractivity contribution is 0.374. The standard InChI is InChI=1S/C15H19N5OS/c1-12-10-17-20(11-12)8-7-16-6-2-5-14-18-15(19-21-14)13-4-3-9-22-13/h3-4,9-11,16H,2,5-8H2,1H3. The Morgan fingerprint density at radius 2 is 2.32 bits per heavy atom. The highest BCUT2D eigenvalue weighted by atomic mass is 32.1. The van der Waals surface area contributed by atoms with E-state index in [1.165, 1.54) is 5.56 Å². The summed E-state index contributed by atoms with van der Waals surface area (Å²) in [5, 5.41) is 13.7. The molecule has 0 radical (unpaired) electrons. The number of nitrogens with one attached hydrogen (secondary N) is 1. The number of aryl methyl sites for hydroxylation is 2. The van der Waals surface area contributed by atoms with E-state index in [-0.39, 0.29) is 0 Å². The fourth-order valence-electron chi connectivity index (χ4n) is 2.13. The molecule has 0 saturated heterocycles. The molecule has 0 spiro atoms. The minimum atomic E-state index is 0.687. The van der Waals surface area contributed by atoms with Gasteiger partial charge in [0.1, 0.15) is 0 Å². The van der Waals surface area contributed by atoms with Gasteiger partial charge in [-0.3, -0.25) is 4.68 Å². The summed E-state index contributed by atoms with van der Waals surface area (Å²) in [4.78, 5) is 5.46. The third kappa shape index (κ3) is 4.02. The van der Waals surface area contributed by atoms with Crippen molar-refractivity contribution in [2.75, 3.05) is 13.1 Å². The minimum absolute atomic E-state index is 0.687. The van der Waals surface area contributed by atoms with Gasteiger partial charge in [0.05, 0.1) is 17.6 Å². The Balaban J connectivity index is 1.33. The molecule has 0 aromatic carbocycles. The van der Waals surface area contributed by atoms with E-state index in [0.29, 0.717) is 11.7 Å². The van der Waals surface area contributed by atoms with Crippen LogP contribution in [0, 0.1) is 6.92 Å². The largest absolute Gasteiger partial charge is 0.339 e. The molecule has 0 aliphatic rings. The molecule has 0 aliphatic heterocycles. The monoisotopic (exact) mass is 317 g/mol. The first-order valence-electron chi connectivity index (χ1n) is 7.37. The van der Waals surface area contributed by atoms with Crippen molar-refractivity contribution in [1.29, 1.82) is 0 Å². The number of nitrogens with zero attached hydrogens (tertiary/aromatic N) is 4. The molecular weight excluding hydrogens is 298 g/mol. The van der Waals surface area contributed by atoms with Crippen molar-refractivity contribution in [3.8, 4) is 10.7 Å². The topological polar surface area (TPSA) is 68.8 Å². The van der Waals surface area contributed by atoms with Crippen molar-refractivity contribution < 1.29 is 4.52 Å². The van der Waals surface area contributed by atoms with Crippen LogP contribution in [0.2, 0.25) is 0 Å². The molecule has 0 amide bonds. The highest BCUT2D eigenvalue weighted by Gasteiger charge is 2.08. The summed E-state index contributed by atoms with van der Waals surface area (Å²) in [5.74, 6) is 1.39. The van der Waals surface area contributed by atoms with Gasteiger partial charge >= 0.3 is 0 Å². The second-order valence-corrected chi connectivity index (χ2v) is 6.07. The van der Waals surface area contributed by atoms with Crippen LogP contribution < -0.4 is 5.32 Å². The van der Waals surface area contributed by atoms with Gasteiger partial charge in [0, 0.05) is 19.2 Å². The maximum atomic E-state index is 5.27. The molecule has 3 rings (SSSR count). The van der Waals surface area contributed by atoms with Gasteiger partial charge in [-0.1, -0.05) is 11.2 Å². The van der Waals surface area contributed by atoms with Gasteiger partial charge in [0.25, 0.3) is 0 Å². The summed E-state index contributed by atoms with van der Waals surface area (Å²) >= 11 is 1.62. The van der Waals surface area contributed by atoms with Crippen LogP contribution in [-0.2, 0) is 13.0 Å². The van der Waals surface area contributed by atoms with E-state index in [4.69, 9.17) is 4.52 Å². The molecule has 0 unspecified atom stereocenters. The van der Waals surface area contributed by atoms with Gasteiger partial charge in [-0.2, -0.15) is 10.1 Å². The van der Waals surface area contributed by atoms with Gasteiger partial charge in [0.15, 0.2) is 0 Å². The average molecular weight is 317 g/mol. The Morgan fingerprint density at radius 1 is 1.36 bits per heavy atom. The van der Waals surface area contributed by atoms with Gasteiger partial charge in [-0.15, -0.1) is 11.3 Å². The molecule has 22 heavy (non-hydrogen) atoms. The quantitative estimate of drug-likeness (QED) is 0.647. The van der Waals surface area contributed by atoms with Gasteiger partial charge in [0.2, 0.25) is 11.7 Å². The first kappa shape index (κ1) is 14.9. The van der Waals surface area contributed by atoms with E-state index in [0.717, 1.165) is 37.4 Å². The van der Waals surface area contributed by atoms with Crippen LogP contribution in [0.15, 0.2) is 34.4 Å². The highest BCUT2D eigenvalue weighted by molar-refractivity contribution is 7.13. The molecule has 0 bridgehead atoms. The lowest BCUT2D eigenvalue weighted by atomic mass is 10.3. The van der Waals surface area contributed by atoms with E-state index in [9.17, 15) is 0 Å². The molecular formula is C15H19N5OS. The first-order chi connectivity index (χ1) is 10.8. The number of hydrogen-bond acceptors (Lipinski definition) is 6. The third-order valence-electron chi connectivity index (χ3n) is 3.23. The lowest BCUT2D eigenvalue weighted by Crippen LogP contribution is -2.21. The fraction of sp³-hybridized carbons (Fsp3) is 0.400. The van der Waals surface area contributed by atoms with E-state index >= 15 is 0 Å². The van der Waals surface area contributed by atoms with Crippen LogP contribution in [0.4, 0.5) is 0 Å². The van der Waals surface area contributed by atoms with Crippen LogP contribution in [0.25, 0.3) is 10.7 Å². The summed E-state index contributed by atoms with van der Waals surface area (Å²) in [5.41, 5.74) is 1.19. The number of thiophene rings is 1. The van der Waals surface area contributed by atoms with Crippen molar-refractivity contribution in [3.63, 3.8) is 0 Å². The van der Waals surface area contributed by atoms with E-state index in [1.807, 2.05) is 41.5 Å². The lowest BCUT2D eigenvalue weighted by Gasteiger charge is -2.03.